The van der Waals surface area contributed by atoms with Gasteiger partial charge in [-0.05, 0) is 37.3 Å². The lowest BCUT2D eigenvalue weighted by Gasteiger charge is -2.15. The number of benzene rings is 2. The summed E-state index contributed by atoms with van der Waals surface area (Å²) in [6, 6.07) is 9.23. The van der Waals surface area contributed by atoms with Crippen LogP contribution in [-0.4, -0.2) is 32.3 Å². The highest BCUT2D eigenvalue weighted by molar-refractivity contribution is 7.99. The van der Waals surface area contributed by atoms with Gasteiger partial charge in [-0.15, -0.1) is 16.8 Å². The molecule has 1 heterocycles. The van der Waals surface area contributed by atoms with Gasteiger partial charge in [-0.1, -0.05) is 36.0 Å². The number of aromatic nitrogens is 3. The Bertz CT molecular complexity index is 1230. The van der Waals surface area contributed by atoms with E-state index in [9.17, 15) is 27.2 Å². The Balaban J connectivity index is 1.67. The number of halogens is 4. The first-order chi connectivity index (χ1) is 16.6. The van der Waals surface area contributed by atoms with Crippen LogP contribution in [0.1, 0.15) is 34.7 Å². The summed E-state index contributed by atoms with van der Waals surface area (Å²) in [5.74, 6) is -1.62. The molecule has 2 aromatic carbocycles. The smallest absolute Gasteiger partial charge is 0.342 e. The number of carbonyl (C=O) groups is 2. The molecule has 0 aliphatic carbocycles. The molecule has 0 aliphatic rings. The minimum Gasteiger partial charge on any atom is -0.342 e. The molecule has 1 aromatic heterocycles. The lowest BCUT2D eigenvalue weighted by atomic mass is 10.2. The van der Waals surface area contributed by atoms with Crippen molar-refractivity contribution in [3.63, 3.8) is 0 Å². The van der Waals surface area contributed by atoms with Crippen LogP contribution >= 0.6 is 11.8 Å². The van der Waals surface area contributed by atoms with E-state index < -0.39 is 35.4 Å². The molecule has 0 unspecified atom stereocenters. The number of thioether (sulfide) groups is 1. The maximum Gasteiger partial charge on any atom is 0.416 e. The molecule has 0 saturated heterocycles. The van der Waals surface area contributed by atoms with Crippen LogP contribution in [0.15, 0.2) is 66.3 Å². The number of carbonyl (C=O) groups excluding carboxylic acids is 2. The van der Waals surface area contributed by atoms with Gasteiger partial charge in [0.2, 0.25) is 5.91 Å². The molecule has 35 heavy (non-hydrogen) atoms. The van der Waals surface area contributed by atoms with E-state index in [1.165, 1.54) is 30.3 Å². The fourth-order valence-corrected chi connectivity index (χ4v) is 3.87. The molecular weight excluding hydrogens is 486 g/mol. The Morgan fingerprint density at radius 3 is 2.60 bits per heavy atom. The van der Waals surface area contributed by atoms with E-state index in [1.807, 2.05) is 0 Å². The van der Waals surface area contributed by atoms with Crippen LogP contribution in [0.2, 0.25) is 0 Å². The third-order valence-electron chi connectivity index (χ3n) is 4.72. The van der Waals surface area contributed by atoms with Crippen LogP contribution in [0.4, 0.5) is 23.2 Å². The van der Waals surface area contributed by atoms with Crippen LogP contribution in [0.5, 0.6) is 0 Å². The van der Waals surface area contributed by atoms with E-state index >= 15 is 0 Å². The summed E-state index contributed by atoms with van der Waals surface area (Å²) in [5.41, 5.74) is -0.970. The number of hydrogen-bond donors (Lipinski definition) is 2. The van der Waals surface area contributed by atoms with Crippen molar-refractivity contribution < 1.29 is 27.2 Å². The predicted octanol–water partition coefficient (Wildman–Crippen LogP) is 4.84. The molecule has 2 N–H and O–H groups in total. The Morgan fingerprint density at radius 1 is 1.17 bits per heavy atom. The number of nitrogens with one attached hydrogen (secondary N) is 2. The summed E-state index contributed by atoms with van der Waals surface area (Å²) in [5, 5.41) is 13.6. The number of alkyl halides is 3. The Kier molecular flexibility index (Phi) is 8.28. The first-order valence-electron chi connectivity index (χ1n) is 10.3. The van der Waals surface area contributed by atoms with Crippen LogP contribution in [-0.2, 0) is 17.5 Å². The van der Waals surface area contributed by atoms with Gasteiger partial charge in [0.25, 0.3) is 5.91 Å². The molecule has 1 atom stereocenters. The highest BCUT2D eigenvalue weighted by Gasteiger charge is 2.30. The normalized spacial score (nSPS) is 12.1. The van der Waals surface area contributed by atoms with Gasteiger partial charge >= 0.3 is 6.18 Å². The van der Waals surface area contributed by atoms with Crippen LogP contribution in [0.25, 0.3) is 0 Å². The van der Waals surface area contributed by atoms with Gasteiger partial charge < -0.3 is 15.2 Å². The van der Waals surface area contributed by atoms with Gasteiger partial charge in [-0.2, -0.15) is 13.2 Å². The molecule has 7 nitrogen and oxygen atoms in total. The van der Waals surface area contributed by atoms with Gasteiger partial charge in [-0.25, -0.2) is 4.39 Å². The highest BCUT2D eigenvalue weighted by Crippen LogP contribution is 2.30. The summed E-state index contributed by atoms with van der Waals surface area (Å²) in [6.45, 7) is 5.60. The van der Waals surface area contributed by atoms with E-state index in [4.69, 9.17) is 0 Å². The number of rotatable bonds is 9. The number of nitrogens with zero attached hydrogens (tertiary/aromatic N) is 3. The average molecular weight is 508 g/mol. The molecule has 12 heteroatoms. The fourth-order valence-electron chi connectivity index (χ4n) is 3.11. The number of amides is 2. The molecule has 0 bridgehead atoms. The monoisotopic (exact) mass is 507 g/mol. The van der Waals surface area contributed by atoms with Crippen LogP contribution in [0, 0.1) is 5.82 Å². The van der Waals surface area contributed by atoms with Crippen molar-refractivity contribution in [1.29, 1.82) is 0 Å². The molecule has 0 aliphatic heterocycles. The Hall–Kier alpha value is -3.67. The quantitative estimate of drug-likeness (QED) is 0.246. The zero-order valence-electron chi connectivity index (χ0n) is 18.5. The van der Waals surface area contributed by atoms with Gasteiger partial charge in [0.05, 0.1) is 22.9 Å². The summed E-state index contributed by atoms with van der Waals surface area (Å²) < 4.78 is 54.1. The fraction of sp³-hybridized carbons (Fsp3) is 0.217. The van der Waals surface area contributed by atoms with Crippen molar-refractivity contribution in [2.75, 3.05) is 11.1 Å². The Morgan fingerprint density at radius 2 is 1.91 bits per heavy atom. The molecule has 0 radical (unpaired) electrons. The van der Waals surface area contributed by atoms with Crippen molar-refractivity contribution in [3.05, 3.63) is 84.0 Å². The molecule has 184 valence electrons. The van der Waals surface area contributed by atoms with E-state index in [2.05, 4.69) is 27.4 Å². The Labute approximate surface area is 202 Å². The summed E-state index contributed by atoms with van der Waals surface area (Å²) in [6.07, 6.45) is -2.95. The van der Waals surface area contributed by atoms with E-state index in [0.717, 1.165) is 23.9 Å². The first-order valence-corrected chi connectivity index (χ1v) is 11.3. The zero-order chi connectivity index (χ0) is 25.6. The maximum absolute atomic E-state index is 13.9. The van der Waals surface area contributed by atoms with Crippen molar-refractivity contribution >= 4 is 29.3 Å². The van der Waals surface area contributed by atoms with Crippen LogP contribution in [0.3, 0.4) is 0 Å². The number of anilines is 1. The second-order valence-electron chi connectivity index (χ2n) is 7.33. The highest BCUT2D eigenvalue weighted by atomic mass is 32.2. The minimum atomic E-state index is -4.52. The lowest BCUT2D eigenvalue weighted by molar-refractivity contribution is -0.137. The summed E-state index contributed by atoms with van der Waals surface area (Å²) in [4.78, 5) is 24.8. The summed E-state index contributed by atoms with van der Waals surface area (Å²) >= 11 is 1.01. The molecule has 3 rings (SSSR count). The topological polar surface area (TPSA) is 88.9 Å². The van der Waals surface area contributed by atoms with Gasteiger partial charge in [0.1, 0.15) is 5.82 Å². The molecule has 0 saturated carbocycles. The van der Waals surface area contributed by atoms with E-state index in [0.29, 0.717) is 11.0 Å². The van der Waals surface area contributed by atoms with Crippen molar-refractivity contribution in [2.24, 2.45) is 0 Å². The zero-order valence-corrected chi connectivity index (χ0v) is 19.3. The van der Waals surface area contributed by atoms with Crippen molar-refractivity contribution in [1.82, 2.24) is 20.1 Å². The molecule has 0 spiro atoms. The maximum atomic E-state index is 13.9. The third-order valence-corrected chi connectivity index (χ3v) is 5.68. The minimum absolute atomic E-state index is 0.0168. The van der Waals surface area contributed by atoms with E-state index in [1.54, 1.807) is 23.6 Å². The van der Waals surface area contributed by atoms with Gasteiger partial charge in [-0.3, -0.25) is 9.59 Å². The molecular formula is C23H21F4N5O2S. The molecule has 0 fully saturated rings. The number of hydrogen-bond acceptors (Lipinski definition) is 5. The SMILES string of the molecule is C=CCn1c(SCC(=O)Nc2cccc(C(F)(F)F)c2)nnc1[C@@H](C)NC(=O)c1ccccc1F. The van der Waals surface area contributed by atoms with Crippen molar-refractivity contribution in [3.8, 4) is 0 Å². The predicted molar refractivity (Wildman–Crippen MR) is 123 cm³/mol. The molecule has 3 aromatic rings. The standard InChI is InChI=1S/C23H21F4N5O2S/c1-3-11-32-20(14(2)28-21(34)17-9-4-5-10-18(17)24)30-31-22(32)35-13-19(33)29-16-8-6-7-15(12-16)23(25,26)27/h3-10,12,14H,1,11,13H2,2H3,(H,28,34)(H,29,33)/t14-/m1/s1. The van der Waals surface area contributed by atoms with Crippen molar-refractivity contribution in [2.45, 2.75) is 30.8 Å². The van der Waals surface area contributed by atoms with Gasteiger partial charge in [0.15, 0.2) is 11.0 Å². The second kappa shape index (κ2) is 11.2. The third kappa shape index (κ3) is 6.69. The lowest BCUT2D eigenvalue weighted by Crippen LogP contribution is -2.29. The largest absolute Gasteiger partial charge is 0.416 e. The van der Waals surface area contributed by atoms with E-state index in [-0.39, 0.29) is 23.5 Å². The average Bonchev–Trinajstić information content (AvgIpc) is 3.20. The second-order valence-corrected chi connectivity index (χ2v) is 8.27. The van der Waals surface area contributed by atoms with Gasteiger partial charge in [0, 0.05) is 12.2 Å². The molecule has 2 amide bonds. The summed E-state index contributed by atoms with van der Waals surface area (Å²) in [7, 11) is 0. The van der Waals surface area contributed by atoms with Crippen LogP contribution < -0.4 is 10.6 Å². The number of allylic oxidation sites excluding steroid dienone is 1. The first kappa shape index (κ1) is 25.9.